The molecule has 1 aromatic carbocycles. The Morgan fingerprint density at radius 3 is 2.05 bits per heavy atom. The molecule has 0 spiro atoms. The van der Waals surface area contributed by atoms with Crippen molar-refractivity contribution in [3.8, 4) is 0 Å². The van der Waals surface area contributed by atoms with E-state index in [9.17, 15) is 9.90 Å². The molecular weight excluding hydrogens is 238 g/mol. The summed E-state index contributed by atoms with van der Waals surface area (Å²) in [5.41, 5.74) is 0.807. The molecule has 3 heteroatoms. The van der Waals surface area contributed by atoms with Gasteiger partial charge in [-0.25, -0.2) is 0 Å². The number of nitrogens with one attached hydrogen (secondary N) is 1. The van der Waals surface area contributed by atoms with Crippen LogP contribution >= 0.6 is 0 Å². The van der Waals surface area contributed by atoms with E-state index in [2.05, 4.69) is 33.0 Å². The van der Waals surface area contributed by atoms with Crippen molar-refractivity contribution in [1.82, 2.24) is 5.32 Å². The van der Waals surface area contributed by atoms with Crippen LogP contribution in [0, 0.1) is 17.8 Å². The molecule has 0 bridgehead atoms. The average Bonchev–Trinajstić information content (AvgIpc) is 2.34. The smallest absolute Gasteiger partial charge is 0.325 e. The number of aliphatic carboxylic acids is 1. The van der Waals surface area contributed by atoms with Gasteiger partial charge in [-0.2, -0.15) is 0 Å². The van der Waals surface area contributed by atoms with Crippen LogP contribution in [-0.4, -0.2) is 17.6 Å². The zero-order chi connectivity index (χ0) is 14.4. The highest BCUT2D eigenvalue weighted by Gasteiger charge is 2.23. The van der Waals surface area contributed by atoms with E-state index in [1.165, 1.54) is 0 Å². The molecule has 0 aliphatic heterocycles. The van der Waals surface area contributed by atoms with Crippen molar-refractivity contribution in [2.75, 3.05) is 6.54 Å². The lowest BCUT2D eigenvalue weighted by atomic mass is 9.85. The Kier molecular flexibility index (Phi) is 6.03. The highest BCUT2D eigenvalue weighted by molar-refractivity contribution is 5.75. The van der Waals surface area contributed by atoms with Crippen molar-refractivity contribution >= 4 is 5.97 Å². The fourth-order valence-electron chi connectivity index (χ4n) is 2.49. The standard InChI is InChI=1S/C16H25NO2/c1-11(2)14(12(3)4)10-17-15(16(18)19)13-8-6-5-7-9-13/h5-9,11-12,14-15,17H,10H2,1-4H3,(H,18,19)/t15-/m0/s1. The maximum atomic E-state index is 11.4. The number of benzene rings is 1. The van der Waals surface area contributed by atoms with Crippen molar-refractivity contribution in [2.24, 2.45) is 17.8 Å². The Morgan fingerprint density at radius 1 is 1.11 bits per heavy atom. The topological polar surface area (TPSA) is 49.3 Å². The van der Waals surface area contributed by atoms with Gasteiger partial charge in [0.25, 0.3) is 0 Å². The van der Waals surface area contributed by atoms with Crippen molar-refractivity contribution in [3.05, 3.63) is 35.9 Å². The molecule has 19 heavy (non-hydrogen) atoms. The Bertz CT molecular complexity index is 379. The number of carboxylic acid groups (broad SMARTS) is 1. The number of hydrogen-bond donors (Lipinski definition) is 2. The van der Waals surface area contributed by atoms with E-state index in [-0.39, 0.29) is 0 Å². The third kappa shape index (κ3) is 4.67. The minimum absolute atomic E-state index is 0.477. The molecule has 0 heterocycles. The fourth-order valence-corrected chi connectivity index (χ4v) is 2.49. The summed E-state index contributed by atoms with van der Waals surface area (Å²) in [5, 5.41) is 12.6. The Hall–Kier alpha value is -1.35. The van der Waals surface area contributed by atoms with E-state index >= 15 is 0 Å². The molecule has 0 aliphatic carbocycles. The van der Waals surface area contributed by atoms with Gasteiger partial charge in [0.05, 0.1) is 0 Å². The minimum atomic E-state index is -0.822. The van der Waals surface area contributed by atoms with Crippen LogP contribution in [0.3, 0.4) is 0 Å². The van der Waals surface area contributed by atoms with Crippen molar-refractivity contribution < 1.29 is 9.90 Å². The maximum Gasteiger partial charge on any atom is 0.325 e. The fraction of sp³-hybridized carbons (Fsp3) is 0.562. The van der Waals surface area contributed by atoms with Crippen LogP contribution in [0.25, 0.3) is 0 Å². The first-order valence-electron chi connectivity index (χ1n) is 6.94. The minimum Gasteiger partial charge on any atom is -0.480 e. The van der Waals surface area contributed by atoms with Gasteiger partial charge in [-0.1, -0.05) is 58.0 Å². The van der Waals surface area contributed by atoms with E-state index in [0.717, 1.165) is 12.1 Å². The summed E-state index contributed by atoms with van der Waals surface area (Å²) in [6, 6.07) is 8.72. The summed E-state index contributed by atoms with van der Waals surface area (Å²) >= 11 is 0. The molecule has 0 radical (unpaired) electrons. The number of carbonyl (C=O) groups is 1. The van der Waals surface area contributed by atoms with Crippen molar-refractivity contribution in [3.63, 3.8) is 0 Å². The zero-order valence-electron chi connectivity index (χ0n) is 12.3. The number of rotatable bonds is 7. The van der Waals surface area contributed by atoms with Crippen LogP contribution in [0.5, 0.6) is 0 Å². The van der Waals surface area contributed by atoms with Crippen LogP contribution in [0.4, 0.5) is 0 Å². The van der Waals surface area contributed by atoms with E-state index in [1.807, 2.05) is 30.3 Å². The van der Waals surface area contributed by atoms with Crippen LogP contribution < -0.4 is 5.32 Å². The summed E-state index contributed by atoms with van der Waals surface area (Å²) in [6.45, 7) is 9.46. The number of carboxylic acids is 1. The molecule has 106 valence electrons. The third-order valence-corrected chi connectivity index (χ3v) is 3.65. The number of hydrogen-bond acceptors (Lipinski definition) is 2. The van der Waals surface area contributed by atoms with Gasteiger partial charge in [-0.15, -0.1) is 0 Å². The molecule has 0 saturated carbocycles. The van der Waals surface area contributed by atoms with E-state index in [0.29, 0.717) is 17.8 Å². The van der Waals surface area contributed by atoms with Gasteiger partial charge in [0.15, 0.2) is 0 Å². The summed E-state index contributed by atoms with van der Waals surface area (Å²) in [6.07, 6.45) is 0. The first-order chi connectivity index (χ1) is 8.93. The van der Waals surface area contributed by atoms with E-state index in [1.54, 1.807) is 0 Å². The van der Waals surface area contributed by atoms with Crippen LogP contribution in [0.1, 0.15) is 39.3 Å². The third-order valence-electron chi connectivity index (χ3n) is 3.65. The SMILES string of the molecule is CC(C)C(CN[C@H](C(=O)O)c1ccccc1)C(C)C. The molecule has 0 unspecified atom stereocenters. The Labute approximate surface area is 116 Å². The van der Waals surface area contributed by atoms with Gasteiger partial charge >= 0.3 is 5.97 Å². The summed E-state index contributed by atoms with van der Waals surface area (Å²) in [5.74, 6) is 0.735. The molecule has 0 fully saturated rings. The highest BCUT2D eigenvalue weighted by Crippen LogP contribution is 2.21. The van der Waals surface area contributed by atoms with Gasteiger partial charge in [0.1, 0.15) is 6.04 Å². The first-order valence-corrected chi connectivity index (χ1v) is 6.94. The molecule has 0 amide bonds. The molecule has 0 aromatic heterocycles. The average molecular weight is 263 g/mol. The predicted octanol–water partition coefficient (Wildman–Crippen LogP) is 3.33. The maximum absolute atomic E-state index is 11.4. The predicted molar refractivity (Wildman–Crippen MR) is 78.0 cm³/mol. The first kappa shape index (κ1) is 15.7. The van der Waals surface area contributed by atoms with Crippen molar-refractivity contribution in [1.29, 1.82) is 0 Å². The zero-order valence-corrected chi connectivity index (χ0v) is 12.3. The monoisotopic (exact) mass is 263 g/mol. The largest absolute Gasteiger partial charge is 0.480 e. The second kappa shape index (κ2) is 7.29. The Morgan fingerprint density at radius 2 is 1.63 bits per heavy atom. The normalized spacial score (nSPS) is 13.2. The summed E-state index contributed by atoms with van der Waals surface area (Å²) < 4.78 is 0. The summed E-state index contributed by atoms with van der Waals surface area (Å²) in [7, 11) is 0. The second-order valence-electron chi connectivity index (χ2n) is 5.74. The molecule has 1 atom stereocenters. The van der Waals surface area contributed by atoms with Crippen LogP contribution in [-0.2, 0) is 4.79 Å². The lowest BCUT2D eigenvalue weighted by Gasteiger charge is -2.27. The molecule has 1 aromatic rings. The lowest BCUT2D eigenvalue weighted by molar-refractivity contribution is -0.139. The van der Waals surface area contributed by atoms with Gasteiger partial charge in [-0.3, -0.25) is 4.79 Å². The second-order valence-corrected chi connectivity index (χ2v) is 5.74. The molecule has 0 aliphatic rings. The molecule has 1 rings (SSSR count). The van der Waals surface area contributed by atoms with Gasteiger partial charge < -0.3 is 10.4 Å². The lowest BCUT2D eigenvalue weighted by Crippen LogP contribution is -2.35. The highest BCUT2D eigenvalue weighted by atomic mass is 16.4. The van der Waals surface area contributed by atoms with Gasteiger partial charge in [-0.05, 0) is 29.9 Å². The Balaban J connectivity index is 2.73. The summed E-state index contributed by atoms with van der Waals surface area (Å²) in [4.78, 5) is 11.4. The molecule has 3 nitrogen and oxygen atoms in total. The van der Waals surface area contributed by atoms with E-state index in [4.69, 9.17) is 0 Å². The molecule has 0 saturated heterocycles. The molecule has 2 N–H and O–H groups in total. The van der Waals surface area contributed by atoms with Crippen LogP contribution in [0.15, 0.2) is 30.3 Å². The van der Waals surface area contributed by atoms with Crippen molar-refractivity contribution in [2.45, 2.75) is 33.7 Å². The molecular formula is C16H25NO2. The van der Waals surface area contributed by atoms with Crippen LogP contribution in [0.2, 0.25) is 0 Å². The van der Waals surface area contributed by atoms with Gasteiger partial charge in [0.2, 0.25) is 0 Å². The quantitative estimate of drug-likeness (QED) is 0.793. The van der Waals surface area contributed by atoms with Gasteiger partial charge in [0, 0.05) is 0 Å². The van der Waals surface area contributed by atoms with E-state index < -0.39 is 12.0 Å².